The number of carbonyl (C=O) groups excluding carboxylic acids is 1. The van der Waals surface area contributed by atoms with Crippen LogP contribution in [0.15, 0.2) is 54.6 Å². The van der Waals surface area contributed by atoms with Gasteiger partial charge in [-0.3, -0.25) is 9.48 Å². The number of aromatic nitrogens is 2. The Morgan fingerprint density at radius 3 is 2.52 bits per heavy atom. The number of fused-ring (bicyclic) bond motifs is 1. The highest BCUT2D eigenvalue weighted by molar-refractivity contribution is 5.92. The van der Waals surface area contributed by atoms with Gasteiger partial charge in [-0.05, 0) is 50.0 Å². The first kappa shape index (κ1) is 19.2. The number of amides is 1. The van der Waals surface area contributed by atoms with Gasteiger partial charge in [0.25, 0.3) is 0 Å². The highest BCUT2D eigenvalue weighted by atomic mass is 16.2. The summed E-state index contributed by atoms with van der Waals surface area (Å²) in [6, 6.07) is 16.9. The average Bonchev–Trinajstić information content (AvgIpc) is 3.00. The summed E-state index contributed by atoms with van der Waals surface area (Å²) in [5.74, 6) is 0.0598. The molecular weight excluding hydrogens is 358 g/mol. The summed E-state index contributed by atoms with van der Waals surface area (Å²) in [6.07, 6.45) is 4.54. The van der Waals surface area contributed by atoms with Gasteiger partial charge in [-0.2, -0.15) is 5.10 Å². The predicted molar refractivity (Wildman–Crippen MR) is 117 cm³/mol. The number of nitrogens with zero attached hydrogens (tertiary/aromatic N) is 3. The van der Waals surface area contributed by atoms with Crippen molar-refractivity contribution in [2.45, 2.75) is 40.3 Å². The molecule has 4 nitrogen and oxygen atoms in total. The van der Waals surface area contributed by atoms with E-state index < -0.39 is 0 Å². The minimum absolute atomic E-state index is 0.0598. The van der Waals surface area contributed by atoms with Crippen molar-refractivity contribution in [2.24, 2.45) is 0 Å². The van der Waals surface area contributed by atoms with Gasteiger partial charge >= 0.3 is 0 Å². The molecule has 0 spiro atoms. The summed E-state index contributed by atoms with van der Waals surface area (Å²) in [5.41, 5.74) is 8.13. The quantitative estimate of drug-likeness (QED) is 0.622. The molecule has 0 unspecified atom stereocenters. The van der Waals surface area contributed by atoms with E-state index in [1.807, 2.05) is 28.6 Å². The van der Waals surface area contributed by atoms with Gasteiger partial charge < -0.3 is 4.90 Å². The summed E-state index contributed by atoms with van der Waals surface area (Å²) in [4.78, 5) is 14.7. The molecular formula is C25H27N3O. The lowest BCUT2D eigenvalue weighted by Gasteiger charge is -2.27. The molecule has 0 N–H and O–H groups in total. The Balaban J connectivity index is 1.48. The molecule has 0 aliphatic carbocycles. The van der Waals surface area contributed by atoms with Gasteiger partial charge in [0.05, 0.1) is 12.2 Å². The van der Waals surface area contributed by atoms with E-state index in [2.05, 4.69) is 61.4 Å². The smallest absolute Gasteiger partial charge is 0.246 e. The standard InChI is InChI=1S/C25H27N3O/c1-18-8-10-21(11-9-18)16-28-20(3)24(19(2)26-28)12-13-25(29)27-15-14-22-6-4-5-7-23(22)17-27/h4-13H,14-17H2,1-3H3. The first-order valence-corrected chi connectivity index (χ1v) is 10.1. The van der Waals surface area contributed by atoms with Crippen molar-refractivity contribution in [3.05, 3.63) is 93.8 Å². The minimum Gasteiger partial charge on any atom is -0.334 e. The number of rotatable bonds is 4. The van der Waals surface area contributed by atoms with Crippen molar-refractivity contribution in [1.29, 1.82) is 0 Å². The topological polar surface area (TPSA) is 38.1 Å². The zero-order chi connectivity index (χ0) is 20.4. The molecule has 4 heteroatoms. The number of hydrogen-bond acceptors (Lipinski definition) is 2. The molecule has 0 fully saturated rings. The Morgan fingerprint density at radius 2 is 1.76 bits per heavy atom. The Morgan fingerprint density at radius 1 is 1.03 bits per heavy atom. The second-order valence-electron chi connectivity index (χ2n) is 7.84. The van der Waals surface area contributed by atoms with Gasteiger partial charge in [-0.15, -0.1) is 0 Å². The van der Waals surface area contributed by atoms with Crippen LogP contribution >= 0.6 is 0 Å². The zero-order valence-corrected chi connectivity index (χ0v) is 17.4. The summed E-state index contributed by atoms with van der Waals surface area (Å²) in [5, 5.41) is 4.69. The summed E-state index contributed by atoms with van der Waals surface area (Å²) in [7, 11) is 0. The predicted octanol–water partition coefficient (Wildman–Crippen LogP) is 4.45. The van der Waals surface area contributed by atoms with Gasteiger partial charge in [0.1, 0.15) is 0 Å². The molecule has 0 saturated carbocycles. The maximum Gasteiger partial charge on any atom is 0.246 e. The molecule has 0 bridgehead atoms. The van der Waals surface area contributed by atoms with Crippen LogP contribution in [0.4, 0.5) is 0 Å². The van der Waals surface area contributed by atoms with Crippen LogP contribution in [0, 0.1) is 20.8 Å². The number of carbonyl (C=O) groups is 1. The van der Waals surface area contributed by atoms with Crippen LogP contribution < -0.4 is 0 Å². The lowest BCUT2D eigenvalue weighted by atomic mass is 10.00. The van der Waals surface area contributed by atoms with Gasteiger partial charge in [0, 0.05) is 30.4 Å². The van der Waals surface area contributed by atoms with Gasteiger partial charge in [0.15, 0.2) is 0 Å². The molecule has 1 aliphatic rings. The lowest BCUT2D eigenvalue weighted by molar-refractivity contribution is -0.126. The third-order valence-electron chi connectivity index (χ3n) is 5.73. The fraction of sp³-hybridized carbons (Fsp3) is 0.280. The molecule has 2 aromatic carbocycles. The zero-order valence-electron chi connectivity index (χ0n) is 17.4. The van der Waals surface area contributed by atoms with Crippen LogP contribution in [0.2, 0.25) is 0 Å². The normalized spacial score (nSPS) is 13.7. The van der Waals surface area contributed by atoms with Crippen LogP contribution in [0.3, 0.4) is 0 Å². The number of aryl methyl sites for hydroxylation is 2. The largest absolute Gasteiger partial charge is 0.334 e. The number of hydrogen-bond donors (Lipinski definition) is 0. The molecule has 1 amide bonds. The summed E-state index contributed by atoms with van der Waals surface area (Å²) in [6.45, 7) is 8.34. The first-order valence-electron chi connectivity index (χ1n) is 10.1. The van der Waals surface area contributed by atoms with E-state index in [9.17, 15) is 4.79 Å². The molecule has 4 rings (SSSR count). The average molecular weight is 386 g/mol. The molecule has 148 valence electrons. The van der Waals surface area contributed by atoms with E-state index in [4.69, 9.17) is 0 Å². The second-order valence-corrected chi connectivity index (χ2v) is 7.84. The Bertz CT molecular complexity index is 1060. The third kappa shape index (κ3) is 4.16. The molecule has 3 aromatic rings. The van der Waals surface area contributed by atoms with E-state index in [1.54, 1.807) is 6.08 Å². The van der Waals surface area contributed by atoms with Crippen LogP contribution in [0.25, 0.3) is 6.08 Å². The lowest BCUT2D eigenvalue weighted by Crippen LogP contribution is -2.34. The van der Waals surface area contributed by atoms with Crippen molar-refractivity contribution in [3.8, 4) is 0 Å². The molecule has 1 aliphatic heterocycles. The molecule has 1 aromatic heterocycles. The van der Waals surface area contributed by atoms with E-state index in [-0.39, 0.29) is 5.91 Å². The van der Waals surface area contributed by atoms with E-state index in [1.165, 1.54) is 22.3 Å². The molecule has 2 heterocycles. The second kappa shape index (κ2) is 8.08. The number of benzene rings is 2. The monoisotopic (exact) mass is 385 g/mol. The summed E-state index contributed by atoms with van der Waals surface area (Å²) < 4.78 is 2.02. The van der Waals surface area contributed by atoms with Crippen molar-refractivity contribution < 1.29 is 4.79 Å². The first-order chi connectivity index (χ1) is 14.0. The van der Waals surface area contributed by atoms with Crippen molar-refractivity contribution in [3.63, 3.8) is 0 Å². The van der Waals surface area contributed by atoms with Crippen LogP contribution in [0.5, 0.6) is 0 Å². The van der Waals surface area contributed by atoms with Crippen molar-refractivity contribution in [2.75, 3.05) is 6.54 Å². The molecule has 0 atom stereocenters. The van der Waals surface area contributed by atoms with E-state index in [0.717, 1.165) is 36.5 Å². The Kier molecular flexibility index (Phi) is 5.34. The van der Waals surface area contributed by atoms with Gasteiger partial charge in [0.2, 0.25) is 5.91 Å². The molecule has 29 heavy (non-hydrogen) atoms. The summed E-state index contributed by atoms with van der Waals surface area (Å²) >= 11 is 0. The molecule has 0 radical (unpaired) electrons. The van der Waals surface area contributed by atoms with Crippen LogP contribution in [-0.2, 0) is 24.3 Å². The van der Waals surface area contributed by atoms with Crippen molar-refractivity contribution >= 4 is 12.0 Å². The Labute approximate surface area is 172 Å². The van der Waals surface area contributed by atoms with Gasteiger partial charge in [-0.25, -0.2) is 0 Å². The van der Waals surface area contributed by atoms with Gasteiger partial charge in [-0.1, -0.05) is 54.1 Å². The van der Waals surface area contributed by atoms with Crippen LogP contribution in [-0.4, -0.2) is 27.1 Å². The minimum atomic E-state index is 0.0598. The maximum absolute atomic E-state index is 12.7. The highest BCUT2D eigenvalue weighted by Gasteiger charge is 2.19. The van der Waals surface area contributed by atoms with Crippen LogP contribution in [0.1, 0.15) is 39.2 Å². The SMILES string of the molecule is Cc1ccc(Cn2nc(C)c(C=CC(=O)N3CCc4ccccc4C3)c2C)cc1. The fourth-order valence-corrected chi connectivity index (χ4v) is 3.92. The Hall–Kier alpha value is -3.14. The fourth-order valence-electron chi connectivity index (χ4n) is 3.92. The van der Waals surface area contributed by atoms with E-state index in [0.29, 0.717) is 6.54 Å². The maximum atomic E-state index is 12.7. The third-order valence-corrected chi connectivity index (χ3v) is 5.73. The highest BCUT2D eigenvalue weighted by Crippen LogP contribution is 2.20. The van der Waals surface area contributed by atoms with Crippen molar-refractivity contribution in [1.82, 2.24) is 14.7 Å². The molecule has 0 saturated heterocycles. The van der Waals surface area contributed by atoms with E-state index >= 15 is 0 Å².